The fourth-order valence-corrected chi connectivity index (χ4v) is 2.57. The van der Waals surface area contributed by atoms with Crippen LogP contribution in [0, 0.1) is 5.92 Å². The van der Waals surface area contributed by atoms with Crippen LogP contribution in [0.4, 0.5) is 0 Å². The number of hydrogen-bond donors (Lipinski definition) is 0. The van der Waals surface area contributed by atoms with E-state index in [4.69, 9.17) is 4.74 Å². The zero-order chi connectivity index (χ0) is 10.8. The highest BCUT2D eigenvalue weighted by atomic mass is 16.5. The lowest BCUT2D eigenvalue weighted by Crippen LogP contribution is -2.19. The molecular formula is C13H20N2O. The number of ether oxygens (including phenoxy) is 1. The predicted octanol–water partition coefficient (Wildman–Crippen LogP) is 2.58. The maximum absolute atomic E-state index is 5.52. The van der Waals surface area contributed by atoms with Crippen molar-refractivity contribution in [1.82, 2.24) is 9.55 Å². The summed E-state index contributed by atoms with van der Waals surface area (Å²) in [5.74, 6) is 2.84. The maximum atomic E-state index is 5.52. The second-order valence-corrected chi connectivity index (χ2v) is 5.12. The van der Waals surface area contributed by atoms with Gasteiger partial charge in [-0.3, -0.25) is 0 Å². The van der Waals surface area contributed by atoms with Crippen LogP contribution in [0.1, 0.15) is 43.8 Å². The van der Waals surface area contributed by atoms with Crippen LogP contribution >= 0.6 is 0 Å². The summed E-state index contributed by atoms with van der Waals surface area (Å²) < 4.78 is 7.87. The van der Waals surface area contributed by atoms with Gasteiger partial charge in [-0.2, -0.15) is 0 Å². The molecule has 0 aromatic carbocycles. The second kappa shape index (κ2) is 4.58. The number of imidazole rings is 1. The van der Waals surface area contributed by atoms with Crippen LogP contribution in [0.2, 0.25) is 0 Å². The molecule has 3 nitrogen and oxygen atoms in total. The Labute approximate surface area is 96.8 Å². The van der Waals surface area contributed by atoms with Crippen LogP contribution in [-0.2, 0) is 11.3 Å². The molecule has 2 aliphatic rings. The third-order valence-corrected chi connectivity index (χ3v) is 3.72. The van der Waals surface area contributed by atoms with E-state index in [9.17, 15) is 0 Å². The molecule has 1 aromatic rings. The number of nitrogens with zero attached hydrogens (tertiary/aromatic N) is 2. The summed E-state index contributed by atoms with van der Waals surface area (Å²) in [4.78, 5) is 4.47. The first-order chi connectivity index (χ1) is 7.93. The smallest absolute Gasteiger partial charge is 0.111 e. The zero-order valence-electron chi connectivity index (χ0n) is 9.77. The van der Waals surface area contributed by atoms with Gasteiger partial charge in [0.1, 0.15) is 5.82 Å². The number of rotatable bonds is 4. The van der Waals surface area contributed by atoms with Gasteiger partial charge in [-0.1, -0.05) is 0 Å². The van der Waals surface area contributed by atoms with E-state index in [0.29, 0.717) is 0 Å². The first-order valence-corrected chi connectivity index (χ1v) is 6.52. The summed E-state index contributed by atoms with van der Waals surface area (Å²) >= 11 is 0. The topological polar surface area (TPSA) is 27.1 Å². The molecule has 3 heteroatoms. The predicted molar refractivity (Wildman–Crippen MR) is 62.4 cm³/mol. The summed E-state index contributed by atoms with van der Waals surface area (Å²) in [5.41, 5.74) is 0. The van der Waals surface area contributed by atoms with Gasteiger partial charge in [-0.15, -0.1) is 0 Å². The molecule has 0 amide bonds. The number of hydrogen-bond acceptors (Lipinski definition) is 2. The lowest BCUT2D eigenvalue weighted by Gasteiger charge is -2.22. The summed E-state index contributed by atoms with van der Waals surface area (Å²) in [6.07, 6.45) is 10.6. The molecule has 0 bridgehead atoms. The van der Waals surface area contributed by atoms with Crippen molar-refractivity contribution < 1.29 is 4.74 Å². The van der Waals surface area contributed by atoms with Gasteiger partial charge in [0, 0.05) is 38.1 Å². The van der Waals surface area contributed by atoms with E-state index in [1.807, 2.05) is 6.20 Å². The van der Waals surface area contributed by atoms with Crippen LogP contribution < -0.4 is 0 Å². The Bertz CT molecular complexity index is 337. The van der Waals surface area contributed by atoms with Gasteiger partial charge in [0.15, 0.2) is 0 Å². The van der Waals surface area contributed by atoms with E-state index >= 15 is 0 Å². The first kappa shape index (κ1) is 10.3. The third-order valence-electron chi connectivity index (χ3n) is 3.72. The van der Waals surface area contributed by atoms with E-state index in [0.717, 1.165) is 31.6 Å². The van der Waals surface area contributed by atoms with Crippen molar-refractivity contribution >= 4 is 0 Å². The van der Waals surface area contributed by atoms with Crippen molar-refractivity contribution in [3.8, 4) is 0 Å². The van der Waals surface area contributed by atoms with Gasteiger partial charge >= 0.3 is 0 Å². The highest BCUT2D eigenvalue weighted by Crippen LogP contribution is 2.39. The Morgan fingerprint density at radius 1 is 1.38 bits per heavy atom. The van der Waals surface area contributed by atoms with Crippen molar-refractivity contribution in [3.63, 3.8) is 0 Å². The van der Waals surface area contributed by atoms with Crippen LogP contribution in [0.15, 0.2) is 12.4 Å². The average molecular weight is 220 g/mol. The minimum absolute atomic E-state index is 0.762. The Morgan fingerprint density at radius 3 is 3.06 bits per heavy atom. The SMILES string of the molecule is c1cn(CCC2CCCOC2)c(C2CC2)n1. The van der Waals surface area contributed by atoms with Gasteiger partial charge in [0.05, 0.1) is 0 Å². The highest BCUT2D eigenvalue weighted by molar-refractivity contribution is 5.07. The maximum Gasteiger partial charge on any atom is 0.111 e. The molecule has 1 aliphatic heterocycles. The molecule has 0 N–H and O–H groups in total. The van der Waals surface area contributed by atoms with Crippen molar-refractivity contribution in [3.05, 3.63) is 18.2 Å². The van der Waals surface area contributed by atoms with E-state index in [1.165, 1.54) is 37.9 Å². The molecule has 1 saturated heterocycles. The van der Waals surface area contributed by atoms with Crippen LogP contribution in [0.25, 0.3) is 0 Å². The third kappa shape index (κ3) is 2.29. The molecular weight excluding hydrogens is 200 g/mol. The van der Waals surface area contributed by atoms with Gasteiger partial charge in [0.25, 0.3) is 0 Å². The zero-order valence-corrected chi connectivity index (χ0v) is 9.77. The van der Waals surface area contributed by atoms with Gasteiger partial charge in [-0.05, 0) is 38.0 Å². The molecule has 16 heavy (non-hydrogen) atoms. The molecule has 1 saturated carbocycles. The van der Waals surface area contributed by atoms with E-state index in [2.05, 4.69) is 15.7 Å². The van der Waals surface area contributed by atoms with Crippen molar-refractivity contribution in [2.75, 3.05) is 13.2 Å². The Hall–Kier alpha value is -0.830. The van der Waals surface area contributed by atoms with Crippen LogP contribution in [-0.4, -0.2) is 22.8 Å². The Kier molecular flexibility index (Phi) is 2.96. The lowest BCUT2D eigenvalue weighted by atomic mass is 9.99. The van der Waals surface area contributed by atoms with Gasteiger partial charge in [0.2, 0.25) is 0 Å². The molecule has 1 atom stereocenters. The largest absolute Gasteiger partial charge is 0.381 e. The fourth-order valence-electron chi connectivity index (χ4n) is 2.57. The van der Waals surface area contributed by atoms with E-state index in [1.54, 1.807) is 0 Å². The van der Waals surface area contributed by atoms with Crippen molar-refractivity contribution in [1.29, 1.82) is 0 Å². The molecule has 1 aliphatic carbocycles. The fraction of sp³-hybridized carbons (Fsp3) is 0.769. The standard InChI is InChI=1S/C13H20N2O/c1-2-11(10-16-9-1)5-7-15-8-6-14-13(15)12-3-4-12/h6,8,11-12H,1-5,7,9-10H2. The molecule has 1 unspecified atom stereocenters. The monoisotopic (exact) mass is 220 g/mol. The molecule has 1 aromatic heterocycles. The molecule has 2 heterocycles. The van der Waals surface area contributed by atoms with Crippen LogP contribution in [0.3, 0.4) is 0 Å². The van der Waals surface area contributed by atoms with Crippen molar-refractivity contribution in [2.45, 2.75) is 44.6 Å². The first-order valence-electron chi connectivity index (χ1n) is 6.52. The molecule has 88 valence electrons. The summed E-state index contributed by atoms with van der Waals surface area (Å²) in [6, 6.07) is 0. The molecule has 0 spiro atoms. The Morgan fingerprint density at radius 2 is 2.31 bits per heavy atom. The van der Waals surface area contributed by atoms with Gasteiger partial charge in [-0.25, -0.2) is 4.98 Å². The number of aryl methyl sites for hydroxylation is 1. The Balaban J connectivity index is 1.54. The number of aromatic nitrogens is 2. The summed E-state index contributed by atoms with van der Waals surface area (Å²) in [6.45, 7) is 3.06. The quantitative estimate of drug-likeness (QED) is 0.779. The normalized spacial score (nSPS) is 25.9. The molecule has 2 fully saturated rings. The molecule has 3 rings (SSSR count). The highest BCUT2D eigenvalue weighted by Gasteiger charge is 2.27. The summed E-state index contributed by atoms with van der Waals surface area (Å²) in [7, 11) is 0. The van der Waals surface area contributed by atoms with E-state index in [-0.39, 0.29) is 0 Å². The summed E-state index contributed by atoms with van der Waals surface area (Å²) in [5, 5.41) is 0. The average Bonchev–Trinajstić information content (AvgIpc) is 3.07. The minimum atomic E-state index is 0.762. The lowest BCUT2D eigenvalue weighted by molar-refractivity contribution is 0.0500. The van der Waals surface area contributed by atoms with Gasteiger partial charge < -0.3 is 9.30 Å². The minimum Gasteiger partial charge on any atom is -0.381 e. The second-order valence-electron chi connectivity index (χ2n) is 5.12. The van der Waals surface area contributed by atoms with E-state index < -0.39 is 0 Å². The molecule has 0 radical (unpaired) electrons. The van der Waals surface area contributed by atoms with Crippen molar-refractivity contribution in [2.24, 2.45) is 5.92 Å². The van der Waals surface area contributed by atoms with Crippen LogP contribution in [0.5, 0.6) is 0 Å².